The van der Waals surface area contributed by atoms with Gasteiger partial charge in [0.2, 0.25) is 0 Å². The Balaban J connectivity index is 2.57. The summed E-state index contributed by atoms with van der Waals surface area (Å²) in [6.07, 6.45) is -3.58. The summed E-state index contributed by atoms with van der Waals surface area (Å²) in [7, 11) is 0. The molecule has 5 N–H and O–H groups in total. The monoisotopic (exact) mass is 387 g/mol. The molecule has 0 amide bonds. The molecular weight excluding hydrogens is 377 g/mol. The molecule has 0 aliphatic rings. The predicted molar refractivity (Wildman–Crippen MR) is 82.3 cm³/mol. The van der Waals surface area contributed by atoms with Crippen LogP contribution in [-0.2, 0) is 6.18 Å². The van der Waals surface area contributed by atoms with Gasteiger partial charge in [0, 0.05) is 6.92 Å². The van der Waals surface area contributed by atoms with Gasteiger partial charge in [-0.2, -0.15) is 27.1 Å². The van der Waals surface area contributed by atoms with Crippen molar-refractivity contribution in [2.75, 3.05) is 11.2 Å². The molecular formula is C12H11ClF5N5S. The molecule has 0 fully saturated rings. The van der Waals surface area contributed by atoms with Gasteiger partial charge in [-0.05, 0) is 23.9 Å². The Kier molecular flexibility index (Phi) is 4.88. The summed E-state index contributed by atoms with van der Waals surface area (Å²) < 4.78 is 65.6. The summed E-state index contributed by atoms with van der Waals surface area (Å²) in [5, 5.41) is 0.343. The maximum absolute atomic E-state index is 13.1. The van der Waals surface area contributed by atoms with E-state index in [4.69, 9.17) is 23.2 Å². The van der Waals surface area contributed by atoms with Crippen molar-refractivity contribution in [3.05, 3.63) is 28.9 Å². The highest BCUT2D eigenvalue weighted by atomic mass is 35.5. The third kappa shape index (κ3) is 3.84. The van der Waals surface area contributed by atoms with E-state index in [1.807, 2.05) is 0 Å². The summed E-state index contributed by atoms with van der Waals surface area (Å²) in [5.74, 6) is 5.04. The van der Waals surface area contributed by atoms with E-state index in [0.29, 0.717) is 19.1 Å². The van der Waals surface area contributed by atoms with Crippen LogP contribution in [0, 0.1) is 0 Å². The summed E-state index contributed by atoms with van der Waals surface area (Å²) >= 11 is 6.05. The molecule has 2 aromatic rings. The van der Waals surface area contributed by atoms with Gasteiger partial charge in [-0.25, -0.2) is 4.68 Å². The molecule has 0 saturated carbocycles. The third-order valence-electron chi connectivity index (χ3n) is 2.82. The zero-order chi connectivity index (χ0) is 18.3. The number of hydrogen-bond acceptors (Lipinski definition) is 5. The van der Waals surface area contributed by atoms with Crippen molar-refractivity contribution >= 4 is 34.9 Å². The molecule has 0 atom stereocenters. The van der Waals surface area contributed by atoms with Crippen LogP contribution in [0.4, 0.5) is 33.5 Å². The largest absolute Gasteiger partial charge is 0.416 e. The van der Waals surface area contributed by atoms with Gasteiger partial charge >= 0.3 is 6.18 Å². The topological polar surface area (TPSA) is 81.9 Å². The lowest BCUT2D eigenvalue weighted by Crippen LogP contribution is -2.15. The number of nitrogen functional groups attached to an aromatic ring is 2. The van der Waals surface area contributed by atoms with Crippen LogP contribution in [-0.4, -0.2) is 15.0 Å². The maximum Gasteiger partial charge on any atom is 0.416 e. The molecule has 0 bridgehead atoms. The summed E-state index contributed by atoms with van der Waals surface area (Å²) in [6.45, 7) is 0.673. The van der Waals surface area contributed by atoms with Gasteiger partial charge in [0.05, 0.1) is 27.4 Å². The molecule has 0 saturated heterocycles. The number of nitrogens with two attached hydrogens (primary N) is 2. The molecule has 1 aromatic heterocycles. The number of alkyl halides is 5. The Morgan fingerprint density at radius 2 is 1.88 bits per heavy atom. The Bertz CT molecular complexity index is 756. The first-order valence-electron chi connectivity index (χ1n) is 6.22. The summed E-state index contributed by atoms with van der Waals surface area (Å²) in [6, 6.07) is 1.38. The molecule has 2 rings (SSSR count). The molecule has 1 aromatic carbocycles. The molecule has 1 heterocycles. The molecule has 24 heavy (non-hydrogen) atoms. The second kappa shape index (κ2) is 6.30. The Hall–Kier alpha value is -1.72. The van der Waals surface area contributed by atoms with E-state index in [2.05, 4.69) is 10.5 Å². The Morgan fingerprint density at radius 3 is 2.38 bits per heavy atom. The van der Waals surface area contributed by atoms with Gasteiger partial charge in [-0.3, -0.25) is 5.84 Å². The number of nitrogens with zero attached hydrogens (tertiary/aromatic N) is 2. The number of anilines is 2. The molecule has 5 nitrogen and oxygen atoms in total. The minimum Gasteiger partial charge on any atom is -0.383 e. The van der Waals surface area contributed by atoms with Crippen molar-refractivity contribution in [2.45, 2.75) is 23.3 Å². The van der Waals surface area contributed by atoms with Crippen LogP contribution in [0.3, 0.4) is 0 Å². The van der Waals surface area contributed by atoms with Crippen molar-refractivity contribution in [2.24, 2.45) is 5.84 Å². The summed E-state index contributed by atoms with van der Waals surface area (Å²) in [4.78, 5) is -0.0542. The molecule has 132 valence electrons. The van der Waals surface area contributed by atoms with Crippen molar-refractivity contribution in [1.82, 2.24) is 9.78 Å². The molecule has 0 spiro atoms. The quantitative estimate of drug-likeness (QED) is 0.318. The van der Waals surface area contributed by atoms with E-state index in [0.717, 1.165) is 10.9 Å². The van der Waals surface area contributed by atoms with E-state index in [9.17, 15) is 22.0 Å². The molecule has 0 unspecified atom stereocenters. The van der Waals surface area contributed by atoms with Gasteiger partial charge in [0.1, 0.15) is 11.5 Å². The van der Waals surface area contributed by atoms with E-state index < -0.39 is 17.0 Å². The van der Waals surface area contributed by atoms with Crippen LogP contribution >= 0.6 is 23.4 Å². The predicted octanol–water partition coefficient (Wildman–Crippen LogP) is 4.12. The zero-order valence-corrected chi connectivity index (χ0v) is 13.5. The number of thioether (sulfide) groups is 1. The van der Waals surface area contributed by atoms with Crippen molar-refractivity contribution < 1.29 is 22.0 Å². The fraction of sp³-hybridized carbons (Fsp3) is 0.250. The fourth-order valence-electron chi connectivity index (χ4n) is 1.88. The number of nitrogens with one attached hydrogen (secondary N) is 1. The number of halogens is 6. The molecule has 0 aliphatic heterocycles. The van der Waals surface area contributed by atoms with E-state index in [1.54, 1.807) is 0 Å². The van der Waals surface area contributed by atoms with E-state index in [-0.39, 0.29) is 38.9 Å². The van der Waals surface area contributed by atoms with Gasteiger partial charge in [0.15, 0.2) is 0 Å². The fourth-order valence-corrected chi connectivity index (χ4v) is 2.86. The van der Waals surface area contributed by atoms with Gasteiger partial charge in [-0.1, -0.05) is 11.6 Å². The van der Waals surface area contributed by atoms with Crippen LogP contribution in [0.5, 0.6) is 0 Å². The Morgan fingerprint density at radius 1 is 1.25 bits per heavy atom. The molecule has 0 radical (unpaired) electrons. The molecule has 0 aliphatic carbocycles. The lowest BCUT2D eigenvalue weighted by Gasteiger charge is -2.16. The lowest BCUT2D eigenvalue weighted by molar-refractivity contribution is -0.137. The number of rotatable bonds is 4. The smallest absolute Gasteiger partial charge is 0.383 e. The number of aromatic nitrogens is 2. The van der Waals surface area contributed by atoms with Gasteiger partial charge < -0.3 is 11.2 Å². The van der Waals surface area contributed by atoms with Crippen molar-refractivity contribution in [3.8, 4) is 5.69 Å². The highest BCUT2D eigenvalue weighted by Gasteiger charge is 2.33. The number of benzene rings is 1. The maximum atomic E-state index is 13.1. The minimum absolute atomic E-state index is 0.0542. The van der Waals surface area contributed by atoms with E-state index >= 15 is 0 Å². The average Bonchev–Trinajstić information content (AvgIpc) is 2.76. The Labute approximate surface area is 142 Å². The number of hydrazine groups is 1. The SMILES string of the molecule is CC(F)(F)Sc1cnn(-c2c(Cl)cc(C(F)(F)F)cc2NN)c1N. The molecule has 12 heteroatoms. The van der Waals surface area contributed by atoms with Crippen LogP contribution in [0.2, 0.25) is 5.02 Å². The lowest BCUT2D eigenvalue weighted by atomic mass is 10.1. The first-order chi connectivity index (χ1) is 10.9. The normalized spacial score (nSPS) is 12.5. The minimum atomic E-state index is -4.64. The first kappa shape index (κ1) is 18.6. The highest BCUT2D eigenvalue weighted by molar-refractivity contribution is 8.00. The van der Waals surface area contributed by atoms with Crippen LogP contribution in [0.1, 0.15) is 12.5 Å². The average molecular weight is 388 g/mol. The zero-order valence-electron chi connectivity index (χ0n) is 12.0. The van der Waals surface area contributed by atoms with Gasteiger partial charge in [0.25, 0.3) is 5.25 Å². The van der Waals surface area contributed by atoms with Crippen molar-refractivity contribution in [3.63, 3.8) is 0 Å². The summed E-state index contributed by atoms with van der Waals surface area (Å²) in [5.41, 5.74) is 6.49. The van der Waals surface area contributed by atoms with Crippen LogP contribution in [0.15, 0.2) is 23.2 Å². The van der Waals surface area contributed by atoms with Crippen molar-refractivity contribution in [1.29, 1.82) is 0 Å². The van der Waals surface area contributed by atoms with E-state index in [1.165, 1.54) is 0 Å². The highest BCUT2D eigenvalue weighted by Crippen LogP contribution is 2.42. The number of hydrogen-bond donors (Lipinski definition) is 3. The standard InChI is InChI=1S/C12H11ClF5N5S/c1-11(14,15)24-8-4-21-23(10(8)19)9-6(13)2-5(12(16,17)18)3-7(9)22-20/h2-4,22H,19-20H2,1H3. The van der Waals surface area contributed by atoms with Crippen LogP contribution < -0.4 is 17.0 Å². The second-order valence-electron chi connectivity index (χ2n) is 4.71. The second-order valence-corrected chi connectivity index (χ2v) is 6.48. The van der Waals surface area contributed by atoms with Gasteiger partial charge in [-0.15, -0.1) is 0 Å². The first-order valence-corrected chi connectivity index (χ1v) is 7.41. The van der Waals surface area contributed by atoms with Crippen LogP contribution in [0.25, 0.3) is 5.69 Å². The third-order valence-corrected chi connectivity index (χ3v) is 4.00.